The highest BCUT2D eigenvalue weighted by Gasteiger charge is 2.35. The molecule has 0 aromatic heterocycles. The quantitative estimate of drug-likeness (QED) is 0.0462. The number of amides is 4. The summed E-state index contributed by atoms with van der Waals surface area (Å²) in [6.07, 6.45) is 39.6. The SMILES string of the molecule is COC1/C=C/C=C/C=C/CC(O)C(C)C(O)/C(C)=C\CCC2=CC(=O)C=C(NC(=O)C1)C2=O.COC1/C=C/C=C/C=C/CC(OC(=O)C(C)N)C(C)C(O)/C(C)=C\CCC2=CC(=O)C=C(NC(=O)C1)C2=O.COC1/C=C/C=C/C=C/CC(OC(=O)C(C)NC(=O)OCC2c3ccccc3-c3ccccc32)C(C)C(O)/C(C)=C\CCC2=CC(=O)C=C(NC(=O)C1)C2=O. The second-order valence-electron chi connectivity index (χ2n) is 31.6. The van der Waals surface area contributed by atoms with Crippen LogP contribution >= 0.6 is 0 Å². The van der Waals surface area contributed by atoms with E-state index in [9.17, 15) is 78.0 Å². The molecule has 4 amide bonds. The van der Waals surface area contributed by atoms with Crippen molar-refractivity contribution in [3.8, 4) is 11.1 Å². The van der Waals surface area contributed by atoms with Gasteiger partial charge in [0.05, 0.1) is 79.1 Å². The monoisotopic (exact) mass is 1730 g/mol. The molecule has 0 spiro atoms. The molecule has 2 aromatic rings. The Morgan fingerprint density at radius 1 is 0.452 bits per heavy atom. The number of ketones is 6. The third-order valence-corrected chi connectivity index (χ3v) is 22.1. The lowest BCUT2D eigenvalue weighted by molar-refractivity contribution is -0.155. The molecule has 0 fully saturated rings. The number of hydrogen-bond acceptors (Lipinski definition) is 23. The zero-order chi connectivity index (χ0) is 92.1. The van der Waals surface area contributed by atoms with Gasteiger partial charge in [0.25, 0.3) is 0 Å². The van der Waals surface area contributed by atoms with Crippen LogP contribution in [-0.4, -0.2) is 186 Å². The van der Waals surface area contributed by atoms with Gasteiger partial charge in [-0.1, -0.05) is 197 Å². The Kier molecular flexibility index (Phi) is 41.4. The molecule has 14 atom stereocenters. The molecular weight excluding hydrogens is 1610 g/mol. The predicted molar refractivity (Wildman–Crippen MR) is 477 cm³/mol. The zero-order valence-corrected chi connectivity index (χ0v) is 73.3. The Morgan fingerprint density at radius 2 is 0.786 bits per heavy atom. The van der Waals surface area contributed by atoms with Crippen molar-refractivity contribution in [2.45, 2.75) is 205 Å². The number of hydrogen-bond donors (Lipinski definition) is 9. The normalized spacial score (nSPS) is 29.0. The molecule has 672 valence electrons. The summed E-state index contributed by atoms with van der Waals surface area (Å²) < 4.78 is 33.2. The summed E-state index contributed by atoms with van der Waals surface area (Å²) in [4.78, 5) is 152. The summed E-state index contributed by atoms with van der Waals surface area (Å²) >= 11 is 0. The second kappa shape index (κ2) is 51.5. The van der Waals surface area contributed by atoms with Crippen LogP contribution in [0.4, 0.5) is 4.79 Å². The largest absolute Gasteiger partial charge is 0.460 e. The van der Waals surface area contributed by atoms with Crippen molar-refractivity contribution in [2.75, 3.05) is 27.9 Å². The molecule has 0 radical (unpaired) electrons. The molecule has 2 aromatic carbocycles. The van der Waals surface area contributed by atoms with E-state index in [-0.39, 0.29) is 103 Å². The lowest BCUT2D eigenvalue weighted by Gasteiger charge is -2.29. The van der Waals surface area contributed by atoms with Crippen molar-refractivity contribution < 1.29 is 106 Å². The van der Waals surface area contributed by atoms with Crippen LogP contribution in [0.5, 0.6) is 0 Å². The van der Waals surface area contributed by atoms with Crippen LogP contribution < -0.4 is 27.0 Å². The summed E-state index contributed by atoms with van der Waals surface area (Å²) in [7, 11) is 4.41. The van der Waals surface area contributed by atoms with E-state index in [1.54, 1.807) is 157 Å². The predicted octanol–water partition coefficient (Wildman–Crippen LogP) is 11.3. The fourth-order valence-electron chi connectivity index (χ4n) is 14.4. The van der Waals surface area contributed by atoms with Gasteiger partial charge in [-0.25, -0.2) is 9.59 Å². The molecule has 126 heavy (non-hydrogen) atoms. The number of Topliss-reactive ketones (excluding diaryl/α,β-unsaturated/α-hetero) is 3. The van der Waals surface area contributed by atoms with Gasteiger partial charge in [-0.05, 0) is 137 Å². The maximum atomic E-state index is 13.4. The Morgan fingerprint density at radius 3 is 1.14 bits per heavy atom. The zero-order valence-electron chi connectivity index (χ0n) is 73.3. The van der Waals surface area contributed by atoms with E-state index in [1.807, 2.05) is 48.6 Å². The second-order valence-corrected chi connectivity index (χ2v) is 31.6. The summed E-state index contributed by atoms with van der Waals surface area (Å²) in [5.41, 5.74) is 12.5. The van der Waals surface area contributed by atoms with E-state index in [4.69, 9.17) is 34.2 Å². The van der Waals surface area contributed by atoms with E-state index in [0.29, 0.717) is 54.4 Å². The number of carbonyl (C=O) groups is 12. The van der Waals surface area contributed by atoms with Gasteiger partial charge in [0.2, 0.25) is 35.1 Å². The molecule has 14 unspecified atom stereocenters. The number of nitrogens with one attached hydrogen (secondary N) is 4. The van der Waals surface area contributed by atoms with Crippen LogP contribution in [-0.2, 0) is 81.2 Å². The molecule has 7 aliphatic rings. The van der Waals surface area contributed by atoms with E-state index < -0.39 is 138 Å². The van der Waals surface area contributed by atoms with Gasteiger partial charge >= 0.3 is 18.0 Å². The molecule has 0 saturated heterocycles. The van der Waals surface area contributed by atoms with Gasteiger partial charge in [0, 0.05) is 92.8 Å². The maximum Gasteiger partial charge on any atom is 0.407 e. The van der Waals surface area contributed by atoms with Crippen LogP contribution in [0.15, 0.2) is 263 Å². The van der Waals surface area contributed by atoms with Gasteiger partial charge in [0.15, 0.2) is 17.3 Å². The topological polar surface area (TPSA) is 415 Å². The van der Waals surface area contributed by atoms with Crippen LogP contribution in [0.2, 0.25) is 0 Å². The number of benzene rings is 2. The molecule has 6 bridgehead atoms. The highest BCUT2D eigenvalue weighted by Crippen LogP contribution is 2.45. The fourth-order valence-corrected chi connectivity index (χ4v) is 14.4. The molecule has 10 N–H and O–H groups in total. The third kappa shape index (κ3) is 31.6. The van der Waals surface area contributed by atoms with Crippen molar-refractivity contribution in [3.05, 3.63) is 274 Å². The minimum atomic E-state index is -1.05. The van der Waals surface area contributed by atoms with Gasteiger partial charge < -0.3 is 75.8 Å². The highest BCUT2D eigenvalue weighted by atomic mass is 16.6. The molecule has 4 aliphatic carbocycles. The van der Waals surface area contributed by atoms with Gasteiger partial charge in [-0.3, -0.25) is 47.9 Å². The average Bonchev–Trinajstić information content (AvgIpc) is 1.61. The van der Waals surface area contributed by atoms with Crippen LogP contribution in [0, 0.1) is 17.8 Å². The first-order chi connectivity index (χ1) is 60.2. The Labute approximate surface area is 736 Å². The van der Waals surface area contributed by atoms with Crippen molar-refractivity contribution in [2.24, 2.45) is 23.5 Å². The molecule has 3 aliphatic heterocycles. The standard InChI is InChI=1S/C44H48N2O9.C29H38N2O7.C26H33NO6/c1-27-15-14-16-30-23-31(47)24-38(42(30)50)46-40(48)25-32(53-4)17-8-6-5-7-9-22-39(28(2)41(27)49)55-43(51)29(3)45-44(52)54-26-37-35-20-12-10-18-33(35)34-19-11-13-21-36(34)37;1-18-11-10-12-21-15-22(32)16-24(28(21)35)31-26(33)17-23(37-4)13-8-6-5-7-9-14-25(19(2)27(18)34)38-29(36)20(3)30;1-17-10-9-11-19-14-20(28)15-22(26(19)32)27-24(30)16-21(33-3)12-7-5-4-6-8-13-23(29)18(2)25(17)31/h5-13,15,17-21,23-24,28-29,32,37,39,41,49H,14,16,22,25-26H2,1-4H3,(H,45,52)(H,46,48);5-9,11,13,15-16,19-20,23,25,27,34H,10,12,14,17,30H2,1-4H3,(H,31,33);4-8,10,12,14-15,18,21,23,25,29,31H,9,11,13,16H2,1-3H3,(H,27,30)/b6-5+,9-7+,17-8+,27-15-;6-5+,9-7+,13-8+,18-11-;5-4+,8-6+,12-7+,17-10-. The van der Waals surface area contributed by atoms with Crippen molar-refractivity contribution in [3.63, 3.8) is 0 Å². The van der Waals surface area contributed by atoms with Crippen molar-refractivity contribution in [1.29, 1.82) is 0 Å². The number of aliphatic hydroxyl groups is 4. The highest BCUT2D eigenvalue weighted by molar-refractivity contribution is 6.23. The number of rotatable bonds is 10. The van der Waals surface area contributed by atoms with E-state index in [1.165, 1.54) is 53.4 Å². The van der Waals surface area contributed by atoms with Crippen LogP contribution in [0.3, 0.4) is 0 Å². The number of allylic oxidation sites excluding steroid dienone is 24. The average molecular weight is 1730 g/mol. The van der Waals surface area contributed by atoms with E-state index in [2.05, 4.69) is 33.4 Å². The Bertz CT molecular complexity index is 4840. The number of alkyl carbamates (subject to hydrolysis) is 1. The smallest absolute Gasteiger partial charge is 0.407 e. The lowest BCUT2D eigenvalue weighted by atomic mass is 9.90. The lowest BCUT2D eigenvalue weighted by Crippen LogP contribution is -2.43. The first-order valence-electron chi connectivity index (χ1n) is 42.2. The van der Waals surface area contributed by atoms with Gasteiger partial charge in [0.1, 0.15) is 30.9 Å². The Balaban J connectivity index is 0.000000271. The number of methoxy groups -OCH3 is 3. The summed E-state index contributed by atoms with van der Waals surface area (Å²) in [5.74, 6) is -6.59. The summed E-state index contributed by atoms with van der Waals surface area (Å²) in [6, 6.07) is 14.2. The van der Waals surface area contributed by atoms with E-state index in [0.717, 1.165) is 40.5 Å². The molecule has 27 heteroatoms. The molecule has 27 nitrogen and oxygen atoms in total. The Hall–Kier alpha value is -11.9. The molecule has 9 rings (SSSR count). The van der Waals surface area contributed by atoms with Gasteiger partial charge in [-0.15, -0.1) is 0 Å². The number of nitrogens with two attached hydrogens (primary N) is 1. The maximum absolute atomic E-state index is 13.4. The number of aliphatic hydroxyl groups excluding tert-OH is 4. The first-order valence-corrected chi connectivity index (χ1v) is 42.2. The molecule has 0 saturated carbocycles. The number of esters is 2. The van der Waals surface area contributed by atoms with Gasteiger partial charge in [-0.2, -0.15) is 0 Å². The first kappa shape index (κ1) is 101. The van der Waals surface area contributed by atoms with Crippen molar-refractivity contribution >= 4 is 70.5 Å². The van der Waals surface area contributed by atoms with Crippen molar-refractivity contribution in [1.82, 2.24) is 21.3 Å². The van der Waals surface area contributed by atoms with E-state index >= 15 is 0 Å². The minimum Gasteiger partial charge on any atom is -0.460 e. The minimum absolute atomic E-state index is 0.0154. The van der Waals surface area contributed by atoms with Crippen LogP contribution in [0.1, 0.15) is 149 Å². The summed E-state index contributed by atoms with van der Waals surface area (Å²) in [5, 5.41) is 53.5. The fraction of sp³-hybridized carbons (Fsp3) is 0.394. The molecule has 3 heterocycles. The third-order valence-electron chi connectivity index (χ3n) is 22.1. The number of carbonyl (C=O) groups excluding carboxylic acids is 12. The summed E-state index contributed by atoms with van der Waals surface area (Å²) in [6.45, 7) is 13.7. The van der Waals surface area contributed by atoms with Crippen LogP contribution in [0.25, 0.3) is 11.1 Å². The molecular formula is C99H119N5O22. The number of fused-ring (bicyclic) bond motifs is 9. The number of ether oxygens (including phenoxy) is 6.